The minimum Gasteiger partial charge on any atom is -0.504 e. The number of allylic oxidation sites excluding steroid dienone is 1. The Morgan fingerprint density at radius 3 is 2.65 bits per heavy atom. The second kappa shape index (κ2) is 6.39. The summed E-state index contributed by atoms with van der Waals surface area (Å²) >= 11 is 3.48. The van der Waals surface area contributed by atoms with Gasteiger partial charge >= 0.3 is 0 Å². The van der Waals surface area contributed by atoms with Gasteiger partial charge in [0.15, 0.2) is 11.5 Å². The van der Waals surface area contributed by atoms with Gasteiger partial charge in [0.05, 0.1) is 7.11 Å². The Morgan fingerprint density at radius 2 is 2.00 bits per heavy atom. The first-order chi connectivity index (χ1) is 9.67. The summed E-state index contributed by atoms with van der Waals surface area (Å²) in [5.74, 6) is 0.431. The van der Waals surface area contributed by atoms with Crippen LogP contribution in [0.1, 0.15) is 11.1 Å². The summed E-state index contributed by atoms with van der Waals surface area (Å²) in [6.07, 6.45) is 2.24. The van der Waals surface area contributed by atoms with Crippen molar-refractivity contribution in [1.82, 2.24) is 0 Å². The number of hydrogen-bond donors (Lipinski definition) is 1. The highest BCUT2D eigenvalue weighted by atomic mass is 79.9. The van der Waals surface area contributed by atoms with Crippen molar-refractivity contribution in [2.45, 2.75) is 0 Å². The van der Waals surface area contributed by atoms with E-state index in [9.17, 15) is 9.90 Å². The Labute approximate surface area is 125 Å². The Bertz CT molecular complexity index is 663. The maximum atomic E-state index is 10.9. The molecule has 0 atom stereocenters. The Morgan fingerprint density at radius 1 is 1.25 bits per heavy atom. The molecule has 0 saturated heterocycles. The molecule has 0 aliphatic heterocycles. The van der Waals surface area contributed by atoms with Crippen LogP contribution in [0.5, 0.6) is 11.5 Å². The maximum Gasteiger partial charge on any atom is 0.161 e. The second-order valence-corrected chi connectivity index (χ2v) is 4.94. The highest BCUT2D eigenvalue weighted by Crippen LogP contribution is 2.34. The average Bonchev–Trinajstić information content (AvgIpc) is 2.46. The average molecular weight is 333 g/mol. The molecule has 2 aromatic rings. The zero-order chi connectivity index (χ0) is 14.5. The fourth-order valence-corrected chi connectivity index (χ4v) is 2.43. The van der Waals surface area contributed by atoms with Gasteiger partial charge in [0.25, 0.3) is 0 Å². The number of phenolic OH excluding ortho intramolecular Hbond substituents is 1. The van der Waals surface area contributed by atoms with E-state index in [0.29, 0.717) is 5.75 Å². The highest BCUT2D eigenvalue weighted by Gasteiger charge is 2.11. The number of carbonyl (C=O) groups is 1. The van der Waals surface area contributed by atoms with Crippen LogP contribution >= 0.6 is 15.9 Å². The third kappa shape index (κ3) is 2.91. The minimum atomic E-state index is 0.0637. The van der Waals surface area contributed by atoms with Crippen molar-refractivity contribution in [2.24, 2.45) is 0 Å². The van der Waals surface area contributed by atoms with Crippen LogP contribution < -0.4 is 4.74 Å². The first kappa shape index (κ1) is 14.3. The first-order valence-corrected chi connectivity index (χ1v) is 6.74. The third-order valence-corrected chi connectivity index (χ3v) is 3.58. The SMILES string of the molecule is COc1cc(C(=CC=O)c2ccccc2Br)ccc1O. The number of benzene rings is 2. The predicted molar refractivity (Wildman–Crippen MR) is 81.9 cm³/mol. The summed E-state index contributed by atoms with van der Waals surface area (Å²) in [5.41, 5.74) is 2.44. The Hall–Kier alpha value is -2.07. The molecule has 0 fully saturated rings. The van der Waals surface area contributed by atoms with Crippen LogP contribution in [-0.4, -0.2) is 18.5 Å². The molecule has 0 aromatic heterocycles. The van der Waals surface area contributed by atoms with E-state index < -0.39 is 0 Å². The molecule has 4 heteroatoms. The second-order valence-electron chi connectivity index (χ2n) is 4.08. The van der Waals surface area contributed by atoms with Crippen molar-refractivity contribution < 1.29 is 14.6 Å². The van der Waals surface area contributed by atoms with Crippen LogP contribution in [-0.2, 0) is 4.79 Å². The van der Waals surface area contributed by atoms with E-state index in [1.807, 2.05) is 24.3 Å². The van der Waals surface area contributed by atoms with Gasteiger partial charge in [0.1, 0.15) is 6.29 Å². The van der Waals surface area contributed by atoms with Gasteiger partial charge in [-0.25, -0.2) is 0 Å². The van der Waals surface area contributed by atoms with Crippen LogP contribution in [0.15, 0.2) is 53.0 Å². The fraction of sp³-hybridized carbons (Fsp3) is 0.0625. The Balaban J connectivity index is 2.58. The molecule has 0 radical (unpaired) electrons. The van der Waals surface area contributed by atoms with Gasteiger partial charge in [0, 0.05) is 4.47 Å². The topological polar surface area (TPSA) is 46.5 Å². The Kier molecular flexibility index (Phi) is 4.58. The normalized spacial score (nSPS) is 11.2. The quantitative estimate of drug-likeness (QED) is 0.684. The summed E-state index contributed by atoms with van der Waals surface area (Å²) in [6.45, 7) is 0. The van der Waals surface area contributed by atoms with E-state index in [1.165, 1.54) is 13.2 Å². The number of aromatic hydroxyl groups is 1. The van der Waals surface area contributed by atoms with E-state index in [2.05, 4.69) is 15.9 Å². The molecular weight excluding hydrogens is 320 g/mol. The zero-order valence-corrected chi connectivity index (χ0v) is 12.4. The molecule has 0 saturated carbocycles. The maximum absolute atomic E-state index is 10.9. The van der Waals surface area contributed by atoms with E-state index in [-0.39, 0.29) is 5.75 Å². The summed E-state index contributed by atoms with van der Waals surface area (Å²) in [6, 6.07) is 12.6. The minimum absolute atomic E-state index is 0.0637. The van der Waals surface area contributed by atoms with Crippen molar-refractivity contribution in [2.75, 3.05) is 7.11 Å². The molecule has 0 unspecified atom stereocenters. The largest absolute Gasteiger partial charge is 0.504 e. The lowest BCUT2D eigenvalue weighted by Crippen LogP contribution is -1.92. The zero-order valence-electron chi connectivity index (χ0n) is 10.8. The van der Waals surface area contributed by atoms with Gasteiger partial charge in [-0.1, -0.05) is 40.2 Å². The van der Waals surface area contributed by atoms with Crippen LogP contribution in [0.4, 0.5) is 0 Å². The van der Waals surface area contributed by atoms with Crippen molar-refractivity contribution >= 4 is 27.8 Å². The molecule has 0 amide bonds. The van der Waals surface area contributed by atoms with E-state index in [1.54, 1.807) is 18.2 Å². The van der Waals surface area contributed by atoms with E-state index in [4.69, 9.17) is 4.74 Å². The number of hydrogen-bond acceptors (Lipinski definition) is 3. The summed E-state index contributed by atoms with van der Waals surface area (Å²) in [7, 11) is 1.49. The molecule has 3 nitrogen and oxygen atoms in total. The van der Waals surface area contributed by atoms with Gasteiger partial charge in [-0.15, -0.1) is 0 Å². The molecule has 2 rings (SSSR count). The molecule has 0 aliphatic carbocycles. The highest BCUT2D eigenvalue weighted by molar-refractivity contribution is 9.10. The molecule has 102 valence electrons. The molecule has 1 N–H and O–H groups in total. The summed E-state index contributed by atoms with van der Waals surface area (Å²) < 4.78 is 5.99. The summed E-state index contributed by atoms with van der Waals surface area (Å²) in [5, 5.41) is 9.65. The van der Waals surface area contributed by atoms with E-state index in [0.717, 1.165) is 27.5 Å². The number of halogens is 1. The summed E-state index contributed by atoms with van der Waals surface area (Å²) in [4.78, 5) is 10.9. The van der Waals surface area contributed by atoms with Gasteiger partial charge in [-0.05, 0) is 41.0 Å². The third-order valence-electron chi connectivity index (χ3n) is 2.89. The monoisotopic (exact) mass is 332 g/mol. The van der Waals surface area contributed by atoms with Crippen LogP contribution in [0.2, 0.25) is 0 Å². The standard InChI is InChI=1S/C16H13BrO3/c1-20-16-10-11(6-7-15(16)19)12(8-9-18)13-4-2-3-5-14(13)17/h2-10,19H,1H3. The van der Waals surface area contributed by atoms with Crippen LogP contribution in [0.3, 0.4) is 0 Å². The molecule has 0 spiro atoms. The van der Waals surface area contributed by atoms with Gasteiger partial charge in [-0.2, -0.15) is 0 Å². The number of rotatable bonds is 4. The van der Waals surface area contributed by atoms with Crippen molar-refractivity contribution in [1.29, 1.82) is 0 Å². The molecule has 0 heterocycles. The van der Waals surface area contributed by atoms with Gasteiger partial charge < -0.3 is 9.84 Å². The van der Waals surface area contributed by atoms with Gasteiger partial charge in [-0.3, -0.25) is 4.79 Å². The molecule has 2 aromatic carbocycles. The lowest BCUT2D eigenvalue weighted by atomic mass is 9.97. The van der Waals surface area contributed by atoms with Crippen molar-refractivity contribution in [3.8, 4) is 11.5 Å². The number of phenols is 1. The fourth-order valence-electron chi connectivity index (χ4n) is 1.93. The number of methoxy groups -OCH3 is 1. The van der Waals surface area contributed by atoms with E-state index >= 15 is 0 Å². The van der Waals surface area contributed by atoms with Crippen molar-refractivity contribution in [3.05, 3.63) is 64.1 Å². The number of aldehydes is 1. The molecule has 0 aliphatic rings. The van der Waals surface area contributed by atoms with Crippen LogP contribution in [0, 0.1) is 0 Å². The smallest absolute Gasteiger partial charge is 0.161 e. The molecule has 20 heavy (non-hydrogen) atoms. The number of carbonyl (C=O) groups excluding carboxylic acids is 1. The first-order valence-electron chi connectivity index (χ1n) is 5.95. The van der Waals surface area contributed by atoms with Crippen LogP contribution in [0.25, 0.3) is 5.57 Å². The lowest BCUT2D eigenvalue weighted by molar-refractivity contribution is -0.104. The molecule has 0 bridgehead atoms. The van der Waals surface area contributed by atoms with Crippen molar-refractivity contribution in [3.63, 3.8) is 0 Å². The number of ether oxygens (including phenoxy) is 1. The lowest BCUT2D eigenvalue weighted by Gasteiger charge is -2.11. The molecular formula is C16H13BrO3. The van der Waals surface area contributed by atoms with Gasteiger partial charge in [0.2, 0.25) is 0 Å². The predicted octanol–water partition coefficient (Wildman–Crippen LogP) is 3.79.